The van der Waals surface area contributed by atoms with Crippen molar-refractivity contribution in [3.05, 3.63) is 34.9 Å². The van der Waals surface area contributed by atoms with Gasteiger partial charge in [-0.25, -0.2) is 0 Å². The average molecular weight is 185 g/mol. The molecule has 0 unspecified atom stereocenters. The molecule has 0 fully saturated rings. The molecule has 0 amide bonds. The lowest BCUT2D eigenvalue weighted by Crippen LogP contribution is -1.89. The predicted octanol–water partition coefficient (Wildman–Crippen LogP) is 3.57. The molecule has 0 heterocycles. The van der Waals surface area contributed by atoms with Gasteiger partial charge in [0.1, 0.15) is 0 Å². The minimum absolute atomic E-state index is 0.0664. The number of benzene rings is 1. The van der Waals surface area contributed by atoms with Crippen molar-refractivity contribution in [1.82, 2.24) is 0 Å². The van der Waals surface area contributed by atoms with Gasteiger partial charge in [0.2, 0.25) is 0 Å². The molecule has 0 N–H and O–H groups in total. The number of carbonyl (C=O) groups excluding carboxylic acids is 1. The van der Waals surface area contributed by atoms with Crippen LogP contribution in [0.5, 0.6) is 0 Å². The van der Waals surface area contributed by atoms with Crippen LogP contribution in [0, 0.1) is 0 Å². The largest absolute Gasteiger partial charge is 0.295 e. The zero-order valence-corrected chi connectivity index (χ0v) is 8.35. The molecule has 1 aromatic carbocycles. The van der Waals surface area contributed by atoms with Gasteiger partial charge in [-0.05, 0) is 31.2 Å². The highest BCUT2D eigenvalue weighted by molar-refractivity contribution is 6.30. The molecule has 12 heavy (non-hydrogen) atoms. The van der Waals surface area contributed by atoms with E-state index in [9.17, 15) is 4.79 Å². The molecule has 0 aliphatic rings. The molecule has 0 aromatic heterocycles. The van der Waals surface area contributed by atoms with E-state index >= 15 is 0 Å². The number of hydrogen-bond acceptors (Lipinski definition) is 1. The van der Waals surface area contributed by atoms with Gasteiger partial charge in [0.05, 0.1) is 0 Å². The van der Waals surface area contributed by atoms with Gasteiger partial charge in [0.25, 0.3) is 0 Å². The van der Waals surface area contributed by atoms with E-state index in [4.69, 9.17) is 11.6 Å². The number of Topliss-reactive ketones (excluding diaryl/α,β-unsaturated/α-hetero) is 1. The Kier molecular flexibility index (Phi) is 5.39. The average Bonchev–Trinajstić information content (AvgIpc) is 2.09. The second kappa shape index (κ2) is 5.78. The van der Waals surface area contributed by atoms with Gasteiger partial charge in [0, 0.05) is 10.6 Å². The maximum atomic E-state index is 10.7. The molecule has 1 rings (SSSR count). The Morgan fingerprint density at radius 3 is 1.92 bits per heavy atom. The van der Waals surface area contributed by atoms with Crippen LogP contribution in [0.15, 0.2) is 24.3 Å². The van der Waals surface area contributed by atoms with E-state index in [1.165, 1.54) is 6.92 Å². The van der Waals surface area contributed by atoms with E-state index in [0.717, 1.165) is 0 Å². The highest BCUT2D eigenvalue weighted by Gasteiger charge is 1.95. The SMILES string of the molecule is CC.CC(=O)c1ccc(Cl)cc1. The molecule has 1 nitrogen and oxygen atoms in total. The van der Waals surface area contributed by atoms with Crippen molar-refractivity contribution < 1.29 is 4.79 Å². The van der Waals surface area contributed by atoms with E-state index in [-0.39, 0.29) is 5.78 Å². The third-order valence-electron chi connectivity index (χ3n) is 1.25. The normalized spacial score (nSPS) is 8.33. The molecule has 0 saturated heterocycles. The van der Waals surface area contributed by atoms with Crippen LogP contribution in [0.3, 0.4) is 0 Å². The van der Waals surface area contributed by atoms with Crippen molar-refractivity contribution in [2.45, 2.75) is 20.8 Å². The number of carbonyl (C=O) groups is 1. The maximum absolute atomic E-state index is 10.7. The van der Waals surface area contributed by atoms with Gasteiger partial charge >= 0.3 is 0 Å². The van der Waals surface area contributed by atoms with Crippen molar-refractivity contribution in [3.8, 4) is 0 Å². The number of ketones is 1. The highest BCUT2D eigenvalue weighted by Crippen LogP contribution is 2.09. The first-order valence-electron chi connectivity index (χ1n) is 3.96. The van der Waals surface area contributed by atoms with Gasteiger partial charge in [-0.15, -0.1) is 0 Å². The van der Waals surface area contributed by atoms with Gasteiger partial charge in [-0.1, -0.05) is 25.4 Å². The van der Waals surface area contributed by atoms with Gasteiger partial charge in [0.15, 0.2) is 5.78 Å². The molecule has 1 aromatic rings. The molecule has 0 saturated carbocycles. The molecule has 0 aliphatic carbocycles. The molecule has 0 spiro atoms. The van der Waals surface area contributed by atoms with Crippen LogP contribution in [0.1, 0.15) is 31.1 Å². The number of rotatable bonds is 1. The summed E-state index contributed by atoms with van der Waals surface area (Å²) in [6.45, 7) is 5.53. The summed E-state index contributed by atoms with van der Waals surface area (Å²) in [6, 6.07) is 6.84. The molecule has 0 aliphatic heterocycles. The van der Waals surface area contributed by atoms with Crippen molar-refractivity contribution in [2.75, 3.05) is 0 Å². The standard InChI is InChI=1S/C8H7ClO.C2H6/c1-6(10)7-2-4-8(9)5-3-7;1-2/h2-5H,1H3;1-2H3. The molecule has 0 bridgehead atoms. The minimum atomic E-state index is 0.0664. The highest BCUT2D eigenvalue weighted by atomic mass is 35.5. The van der Waals surface area contributed by atoms with Gasteiger partial charge in [-0.3, -0.25) is 4.79 Å². The Morgan fingerprint density at radius 1 is 1.17 bits per heavy atom. The zero-order chi connectivity index (χ0) is 9.56. The van der Waals surface area contributed by atoms with Crippen LogP contribution in [-0.4, -0.2) is 5.78 Å². The first-order valence-corrected chi connectivity index (χ1v) is 4.34. The van der Waals surface area contributed by atoms with E-state index in [0.29, 0.717) is 10.6 Å². The lowest BCUT2D eigenvalue weighted by molar-refractivity contribution is 0.101. The summed E-state index contributed by atoms with van der Waals surface area (Å²) in [5, 5.41) is 0.657. The lowest BCUT2D eigenvalue weighted by atomic mass is 10.2. The van der Waals surface area contributed by atoms with E-state index in [2.05, 4.69) is 0 Å². The molecule has 0 radical (unpaired) electrons. The monoisotopic (exact) mass is 184 g/mol. The summed E-state index contributed by atoms with van der Waals surface area (Å²) in [7, 11) is 0. The summed E-state index contributed by atoms with van der Waals surface area (Å²) >= 11 is 5.61. The summed E-state index contributed by atoms with van der Waals surface area (Å²) < 4.78 is 0. The maximum Gasteiger partial charge on any atom is 0.159 e. The smallest absolute Gasteiger partial charge is 0.159 e. The molecule has 2 heteroatoms. The van der Waals surface area contributed by atoms with E-state index < -0.39 is 0 Å². The molecule has 0 atom stereocenters. The molecular weight excluding hydrogens is 172 g/mol. The summed E-state index contributed by atoms with van der Waals surface area (Å²) in [6.07, 6.45) is 0. The Hall–Kier alpha value is -0.820. The van der Waals surface area contributed by atoms with Crippen LogP contribution in [-0.2, 0) is 0 Å². The van der Waals surface area contributed by atoms with Crippen LogP contribution in [0.2, 0.25) is 5.02 Å². The number of hydrogen-bond donors (Lipinski definition) is 0. The Morgan fingerprint density at radius 2 is 1.58 bits per heavy atom. The van der Waals surface area contributed by atoms with Crippen LogP contribution in [0.4, 0.5) is 0 Å². The second-order valence-corrected chi connectivity index (χ2v) is 2.50. The van der Waals surface area contributed by atoms with Crippen molar-refractivity contribution in [1.29, 1.82) is 0 Å². The summed E-state index contributed by atoms with van der Waals surface area (Å²) in [5.74, 6) is 0.0664. The first kappa shape index (κ1) is 11.2. The van der Waals surface area contributed by atoms with Crippen LogP contribution < -0.4 is 0 Å². The lowest BCUT2D eigenvalue weighted by Gasteiger charge is -1.92. The third kappa shape index (κ3) is 3.54. The summed E-state index contributed by atoms with van der Waals surface area (Å²) in [5.41, 5.74) is 0.699. The van der Waals surface area contributed by atoms with Gasteiger partial charge < -0.3 is 0 Å². The topological polar surface area (TPSA) is 17.1 Å². The predicted molar refractivity (Wildman–Crippen MR) is 52.8 cm³/mol. The van der Waals surface area contributed by atoms with E-state index in [1.807, 2.05) is 13.8 Å². The van der Waals surface area contributed by atoms with Crippen LogP contribution >= 0.6 is 11.6 Å². The van der Waals surface area contributed by atoms with Crippen molar-refractivity contribution in [2.24, 2.45) is 0 Å². The quantitative estimate of drug-likeness (QED) is 0.610. The Labute approximate surface area is 78.4 Å². The fourth-order valence-electron chi connectivity index (χ4n) is 0.685. The molecular formula is C10H13ClO. The summed E-state index contributed by atoms with van der Waals surface area (Å²) in [4.78, 5) is 10.7. The zero-order valence-electron chi connectivity index (χ0n) is 7.60. The molecule has 66 valence electrons. The van der Waals surface area contributed by atoms with Crippen LogP contribution in [0.25, 0.3) is 0 Å². The first-order chi connectivity index (χ1) is 5.70. The Balaban J connectivity index is 0.000000561. The number of halogens is 1. The minimum Gasteiger partial charge on any atom is -0.295 e. The van der Waals surface area contributed by atoms with Gasteiger partial charge in [-0.2, -0.15) is 0 Å². The fourth-order valence-corrected chi connectivity index (χ4v) is 0.811. The fraction of sp³-hybridized carbons (Fsp3) is 0.300. The van der Waals surface area contributed by atoms with E-state index in [1.54, 1.807) is 24.3 Å². The third-order valence-corrected chi connectivity index (χ3v) is 1.50. The Bertz CT molecular complexity index is 239. The van der Waals surface area contributed by atoms with Crippen molar-refractivity contribution >= 4 is 17.4 Å². The second-order valence-electron chi connectivity index (χ2n) is 2.06. The van der Waals surface area contributed by atoms with Crippen molar-refractivity contribution in [3.63, 3.8) is 0 Å².